The monoisotopic (exact) mass is 310 g/mol. The maximum Gasteiger partial charge on any atom is 0.127 e. The Morgan fingerprint density at radius 2 is 0.957 bits per heavy atom. The van der Waals surface area contributed by atoms with E-state index in [0.29, 0.717) is 13.2 Å². The molecular formula is C20H22O3. The summed E-state index contributed by atoms with van der Waals surface area (Å²) in [5, 5.41) is 0. The van der Waals surface area contributed by atoms with E-state index in [1.54, 1.807) is 0 Å². The van der Waals surface area contributed by atoms with Crippen molar-refractivity contribution in [2.24, 2.45) is 0 Å². The first-order chi connectivity index (χ1) is 11.3. The highest BCUT2D eigenvalue weighted by Gasteiger charge is 1.99. The minimum Gasteiger partial charge on any atom is -0.490 e. The molecule has 0 unspecified atom stereocenters. The van der Waals surface area contributed by atoms with Gasteiger partial charge in [-0.05, 0) is 62.4 Å². The lowest BCUT2D eigenvalue weighted by Gasteiger charge is -2.08. The molecule has 0 saturated heterocycles. The second-order valence-corrected chi connectivity index (χ2v) is 4.80. The minimum atomic E-state index is 0.575. The highest BCUT2D eigenvalue weighted by Crippen LogP contribution is 2.25. The molecule has 0 aliphatic heterocycles. The van der Waals surface area contributed by atoms with Crippen LogP contribution in [0.1, 0.15) is 13.8 Å². The summed E-state index contributed by atoms with van der Waals surface area (Å²) in [6.45, 7) is 5.09. The number of hydrogen-bond donors (Lipinski definition) is 0. The molecular weight excluding hydrogens is 288 g/mol. The molecule has 0 N–H and O–H groups in total. The molecule has 0 spiro atoms. The molecule has 0 bridgehead atoms. The van der Waals surface area contributed by atoms with Crippen LogP contribution >= 0.6 is 0 Å². The van der Waals surface area contributed by atoms with Gasteiger partial charge in [0, 0.05) is 0 Å². The second-order valence-electron chi connectivity index (χ2n) is 4.80. The lowest BCUT2D eigenvalue weighted by atomic mass is 10.3. The maximum atomic E-state index is 5.80. The first kappa shape index (κ1) is 16.7. The van der Waals surface area contributed by atoms with Gasteiger partial charge in [-0.2, -0.15) is 0 Å². The predicted octanol–water partition coefficient (Wildman–Crippen LogP) is 5.39. The van der Waals surface area contributed by atoms with Crippen LogP contribution in [0.25, 0.3) is 0 Å². The Morgan fingerprint density at radius 3 is 1.30 bits per heavy atom. The highest BCUT2D eigenvalue weighted by atomic mass is 16.5. The molecule has 3 nitrogen and oxygen atoms in total. The third kappa shape index (κ3) is 5.91. The van der Waals surface area contributed by atoms with Gasteiger partial charge in [0.05, 0.1) is 0 Å². The molecule has 3 heteroatoms. The van der Waals surface area contributed by atoms with Crippen LogP contribution in [0.15, 0.2) is 72.8 Å². The van der Waals surface area contributed by atoms with Crippen molar-refractivity contribution in [1.82, 2.24) is 0 Å². The van der Waals surface area contributed by atoms with Gasteiger partial charge in [0.1, 0.15) is 36.2 Å². The molecule has 2 aromatic rings. The highest BCUT2D eigenvalue weighted by molar-refractivity contribution is 5.37. The van der Waals surface area contributed by atoms with E-state index in [0.717, 1.165) is 23.0 Å². The molecule has 0 aromatic heterocycles. The summed E-state index contributed by atoms with van der Waals surface area (Å²) < 4.78 is 16.9. The van der Waals surface area contributed by atoms with Gasteiger partial charge in [0.25, 0.3) is 0 Å². The van der Waals surface area contributed by atoms with Crippen LogP contribution < -0.4 is 14.2 Å². The fraction of sp³-hybridized carbons (Fsp3) is 0.200. The Kier molecular flexibility index (Phi) is 6.79. The average molecular weight is 310 g/mol. The first-order valence-corrected chi connectivity index (χ1v) is 7.67. The van der Waals surface area contributed by atoms with E-state index in [9.17, 15) is 0 Å². The van der Waals surface area contributed by atoms with Gasteiger partial charge in [-0.15, -0.1) is 0 Å². The van der Waals surface area contributed by atoms with Crippen LogP contribution in [0.5, 0.6) is 23.0 Å². The number of benzene rings is 2. The van der Waals surface area contributed by atoms with Crippen LogP contribution in [-0.4, -0.2) is 13.2 Å². The first-order valence-electron chi connectivity index (χ1n) is 7.67. The van der Waals surface area contributed by atoms with Crippen LogP contribution in [0.4, 0.5) is 0 Å². The van der Waals surface area contributed by atoms with Gasteiger partial charge in [-0.25, -0.2) is 0 Å². The van der Waals surface area contributed by atoms with Crippen LogP contribution in [0.2, 0.25) is 0 Å². The Bertz CT molecular complexity index is 567. The third-order valence-electron chi connectivity index (χ3n) is 3.05. The van der Waals surface area contributed by atoms with Crippen molar-refractivity contribution >= 4 is 0 Å². The molecule has 0 amide bonds. The summed E-state index contributed by atoms with van der Waals surface area (Å²) in [6.07, 6.45) is 7.85. The molecule has 0 aliphatic rings. The summed E-state index contributed by atoms with van der Waals surface area (Å²) in [5.74, 6) is 3.18. The van der Waals surface area contributed by atoms with E-state index in [-0.39, 0.29) is 0 Å². The summed E-state index contributed by atoms with van der Waals surface area (Å²) in [4.78, 5) is 0. The second kappa shape index (κ2) is 9.36. The molecule has 0 radical (unpaired) electrons. The normalized spacial score (nSPS) is 11.0. The largest absolute Gasteiger partial charge is 0.490 e. The number of rotatable bonds is 8. The number of hydrogen-bond acceptors (Lipinski definition) is 3. The molecule has 0 heterocycles. The zero-order chi connectivity index (χ0) is 16.3. The van der Waals surface area contributed by atoms with Gasteiger partial charge in [0.15, 0.2) is 0 Å². The zero-order valence-electron chi connectivity index (χ0n) is 13.6. The van der Waals surface area contributed by atoms with Crippen molar-refractivity contribution in [3.8, 4) is 23.0 Å². The summed E-state index contributed by atoms with van der Waals surface area (Å²) in [7, 11) is 0. The molecule has 2 rings (SSSR count). The Morgan fingerprint density at radius 1 is 0.609 bits per heavy atom. The van der Waals surface area contributed by atoms with Gasteiger partial charge >= 0.3 is 0 Å². The van der Waals surface area contributed by atoms with Gasteiger partial charge < -0.3 is 14.2 Å². The van der Waals surface area contributed by atoms with Crippen molar-refractivity contribution in [2.75, 3.05) is 13.2 Å². The maximum absolute atomic E-state index is 5.80. The Balaban J connectivity index is 1.88. The van der Waals surface area contributed by atoms with E-state index in [1.165, 1.54) is 0 Å². The van der Waals surface area contributed by atoms with Crippen molar-refractivity contribution in [3.05, 3.63) is 72.8 Å². The number of allylic oxidation sites excluding steroid dienone is 2. The molecule has 0 atom stereocenters. The van der Waals surface area contributed by atoms with Gasteiger partial charge in [0.2, 0.25) is 0 Å². The van der Waals surface area contributed by atoms with Crippen molar-refractivity contribution in [2.45, 2.75) is 13.8 Å². The molecule has 0 aliphatic carbocycles. The standard InChI is InChI=1S/C20H22O3/c1-3-5-15-21-17-7-11-19(12-8-17)23-20-13-9-18(10-14-20)22-16-6-4-2/h3-14H,15-16H2,1-2H3. The minimum absolute atomic E-state index is 0.575. The average Bonchev–Trinajstić information content (AvgIpc) is 2.58. The van der Waals surface area contributed by atoms with E-state index in [1.807, 2.05) is 86.7 Å². The summed E-state index contributed by atoms with van der Waals surface area (Å²) in [5.41, 5.74) is 0. The van der Waals surface area contributed by atoms with Crippen LogP contribution in [0, 0.1) is 0 Å². The molecule has 120 valence electrons. The Labute approximate surface area is 137 Å². The number of ether oxygens (including phenoxy) is 3. The van der Waals surface area contributed by atoms with Crippen molar-refractivity contribution < 1.29 is 14.2 Å². The summed E-state index contributed by atoms with van der Waals surface area (Å²) in [6, 6.07) is 15.1. The fourth-order valence-corrected chi connectivity index (χ4v) is 1.83. The summed E-state index contributed by atoms with van der Waals surface area (Å²) >= 11 is 0. The van der Waals surface area contributed by atoms with Gasteiger partial charge in [-0.3, -0.25) is 0 Å². The van der Waals surface area contributed by atoms with E-state index in [2.05, 4.69) is 0 Å². The quantitative estimate of drug-likeness (QED) is 0.612. The van der Waals surface area contributed by atoms with Crippen LogP contribution in [-0.2, 0) is 0 Å². The Hall–Kier alpha value is -2.68. The van der Waals surface area contributed by atoms with Crippen molar-refractivity contribution in [3.63, 3.8) is 0 Å². The zero-order valence-corrected chi connectivity index (χ0v) is 13.6. The van der Waals surface area contributed by atoms with E-state index < -0.39 is 0 Å². The molecule has 2 aromatic carbocycles. The lowest BCUT2D eigenvalue weighted by molar-refractivity contribution is 0.361. The lowest BCUT2D eigenvalue weighted by Crippen LogP contribution is -1.93. The SMILES string of the molecule is CC=CCOc1ccc(Oc2ccc(OCC=CC)cc2)cc1. The topological polar surface area (TPSA) is 27.7 Å². The van der Waals surface area contributed by atoms with E-state index in [4.69, 9.17) is 14.2 Å². The van der Waals surface area contributed by atoms with Gasteiger partial charge in [-0.1, -0.05) is 24.3 Å². The van der Waals surface area contributed by atoms with Crippen LogP contribution in [0.3, 0.4) is 0 Å². The van der Waals surface area contributed by atoms with Crippen molar-refractivity contribution in [1.29, 1.82) is 0 Å². The molecule has 0 saturated carbocycles. The smallest absolute Gasteiger partial charge is 0.127 e. The molecule has 23 heavy (non-hydrogen) atoms. The third-order valence-corrected chi connectivity index (χ3v) is 3.05. The fourth-order valence-electron chi connectivity index (χ4n) is 1.83. The van der Waals surface area contributed by atoms with E-state index >= 15 is 0 Å². The molecule has 0 fully saturated rings. The predicted molar refractivity (Wildman–Crippen MR) is 93.6 cm³/mol.